The molecule has 0 spiro atoms. The first-order valence-corrected chi connectivity index (χ1v) is 7.16. The second kappa shape index (κ2) is 5.75. The van der Waals surface area contributed by atoms with Crippen LogP contribution < -0.4 is 10.1 Å². The molecule has 1 aliphatic rings. The number of fused-ring (bicyclic) bond motifs is 1. The van der Waals surface area contributed by atoms with Crippen molar-refractivity contribution in [3.8, 4) is 5.75 Å². The average molecular weight is 247 g/mol. The first-order chi connectivity index (χ1) is 8.67. The number of hydrogen-bond donors (Lipinski definition) is 1. The summed E-state index contributed by atoms with van der Waals surface area (Å²) in [6.07, 6.45) is 4.53. The van der Waals surface area contributed by atoms with E-state index in [4.69, 9.17) is 4.74 Å². The molecular formula is C16H25NO. The molecule has 0 saturated carbocycles. The van der Waals surface area contributed by atoms with Gasteiger partial charge in [0.15, 0.2) is 0 Å². The van der Waals surface area contributed by atoms with E-state index >= 15 is 0 Å². The van der Waals surface area contributed by atoms with Crippen molar-refractivity contribution < 1.29 is 4.74 Å². The highest BCUT2D eigenvalue weighted by atomic mass is 16.5. The fourth-order valence-corrected chi connectivity index (χ4v) is 2.40. The molecule has 0 unspecified atom stereocenters. The zero-order valence-electron chi connectivity index (χ0n) is 11.9. The summed E-state index contributed by atoms with van der Waals surface area (Å²) in [4.78, 5) is 0. The summed E-state index contributed by atoms with van der Waals surface area (Å²) >= 11 is 0. The van der Waals surface area contributed by atoms with E-state index in [-0.39, 0.29) is 0 Å². The van der Waals surface area contributed by atoms with E-state index in [1.807, 2.05) is 0 Å². The lowest BCUT2D eigenvalue weighted by Crippen LogP contribution is -2.42. The van der Waals surface area contributed by atoms with Gasteiger partial charge in [-0.2, -0.15) is 0 Å². The van der Waals surface area contributed by atoms with Gasteiger partial charge in [-0.25, -0.2) is 0 Å². The average Bonchev–Trinajstić information content (AvgIpc) is 2.86. The Morgan fingerprint density at radius 1 is 1.28 bits per heavy atom. The third-order valence-corrected chi connectivity index (χ3v) is 4.28. The van der Waals surface area contributed by atoms with E-state index < -0.39 is 0 Å². The minimum absolute atomic E-state index is 0.292. The Morgan fingerprint density at radius 2 is 2.06 bits per heavy atom. The van der Waals surface area contributed by atoms with Crippen molar-refractivity contribution in [1.82, 2.24) is 5.32 Å². The van der Waals surface area contributed by atoms with Crippen LogP contribution in [0.4, 0.5) is 0 Å². The van der Waals surface area contributed by atoms with Gasteiger partial charge in [-0.05, 0) is 49.9 Å². The third-order valence-electron chi connectivity index (χ3n) is 4.28. The Morgan fingerprint density at radius 3 is 2.78 bits per heavy atom. The Bertz CT molecular complexity index is 396. The van der Waals surface area contributed by atoms with Crippen LogP contribution in [0.2, 0.25) is 0 Å². The summed E-state index contributed by atoms with van der Waals surface area (Å²) in [6, 6.07) is 6.62. The van der Waals surface area contributed by atoms with Gasteiger partial charge in [-0.3, -0.25) is 0 Å². The molecule has 0 radical (unpaired) electrons. The van der Waals surface area contributed by atoms with Crippen LogP contribution in [0.5, 0.6) is 5.75 Å². The molecule has 0 fully saturated rings. The fourth-order valence-electron chi connectivity index (χ4n) is 2.40. The monoisotopic (exact) mass is 247 g/mol. The molecule has 0 atom stereocenters. The zero-order chi connectivity index (χ0) is 13.0. The Balaban J connectivity index is 1.87. The van der Waals surface area contributed by atoms with Crippen LogP contribution in [-0.4, -0.2) is 18.7 Å². The van der Waals surface area contributed by atoms with Gasteiger partial charge in [0.2, 0.25) is 0 Å². The maximum atomic E-state index is 5.53. The third kappa shape index (κ3) is 3.05. The maximum absolute atomic E-state index is 5.53. The molecule has 18 heavy (non-hydrogen) atoms. The minimum atomic E-state index is 0.292. The predicted molar refractivity (Wildman–Crippen MR) is 76.3 cm³/mol. The Hall–Kier alpha value is -1.02. The smallest absolute Gasteiger partial charge is 0.122 e. The molecule has 0 bridgehead atoms. The topological polar surface area (TPSA) is 21.3 Å². The lowest BCUT2D eigenvalue weighted by Gasteiger charge is -2.28. The molecular weight excluding hydrogens is 222 g/mol. The van der Waals surface area contributed by atoms with Gasteiger partial charge in [0.1, 0.15) is 5.75 Å². The summed E-state index contributed by atoms with van der Waals surface area (Å²) in [5.41, 5.74) is 3.09. The molecule has 1 heterocycles. The lowest BCUT2D eigenvalue weighted by atomic mass is 9.95. The van der Waals surface area contributed by atoms with E-state index in [1.54, 1.807) is 0 Å². The SMILES string of the molecule is CCC(C)(CC)NCCc1ccc2c(c1)CCO2. The molecule has 1 aromatic carbocycles. The van der Waals surface area contributed by atoms with Crippen molar-refractivity contribution in [1.29, 1.82) is 0 Å². The molecule has 0 amide bonds. The van der Waals surface area contributed by atoms with Gasteiger partial charge in [-0.1, -0.05) is 26.0 Å². The molecule has 2 nitrogen and oxygen atoms in total. The van der Waals surface area contributed by atoms with Crippen LogP contribution in [0.3, 0.4) is 0 Å². The summed E-state index contributed by atoms with van der Waals surface area (Å²) in [7, 11) is 0. The first-order valence-electron chi connectivity index (χ1n) is 7.16. The second-order valence-electron chi connectivity index (χ2n) is 5.49. The quantitative estimate of drug-likeness (QED) is 0.832. The number of hydrogen-bond acceptors (Lipinski definition) is 2. The van der Waals surface area contributed by atoms with Gasteiger partial charge < -0.3 is 10.1 Å². The molecule has 0 aromatic heterocycles. The zero-order valence-corrected chi connectivity index (χ0v) is 11.9. The molecule has 2 heteroatoms. The van der Waals surface area contributed by atoms with Crippen LogP contribution in [-0.2, 0) is 12.8 Å². The Kier molecular flexibility index (Phi) is 4.28. The molecule has 1 aliphatic heterocycles. The minimum Gasteiger partial charge on any atom is -0.493 e. The first kappa shape index (κ1) is 13.4. The number of rotatable bonds is 6. The van der Waals surface area contributed by atoms with Crippen molar-refractivity contribution in [2.45, 2.75) is 52.0 Å². The van der Waals surface area contributed by atoms with Gasteiger partial charge in [-0.15, -0.1) is 0 Å². The van der Waals surface area contributed by atoms with Gasteiger partial charge in [0, 0.05) is 12.0 Å². The molecule has 1 N–H and O–H groups in total. The standard InChI is InChI=1S/C16H25NO/c1-4-16(3,5-2)17-10-8-13-6-7-15-14(12-13)9-11-18-15/h6-7,12,17H,4-5,8-11H2,1-3H3. The van der Waals surface area contributed by atoms with Crippen LogP contribution in [0.15, 0.2) is 18.2 Å². The highest BCUT2D eigenvalue weighted by molar-refractivity contribution is 5.39. The summed E-state index contributed by atoms with van der Waals surface area (Å²) in [5.74, 6) is 1.08. The van der Waals surface area contributed by atoms with E-state index in [1.165, 1.54) is 24.0 Å². The van der Waals surface area contributed by atoms with Gasteiger partial charge in [0.05, 0.1) is 6.61 Å². The second-order valence-corrected chi connectivity index (χ2v) is 5.49. The van der Waals surface area contributed by atoms with Crippen molar-refractivity contribution in [2.24, 2.45) is 0 Å². The van der Waals surface area contributed by atoms with Crippen molar-refractivity contribution in [3.05, 3.63) is 29.3 Å². The summed E-state index contributed by atoms with van der Waals surface area (Å²) in [5, 5.41) is 3.68. The van der Waals surface area contributed by atoms with Crippen LogP contribution in [0.25, 0.3) is 0 Å². The lowest BCUT2D eigenvalue weighted by molar-refractivity contribution is 0.334. The van der Waals surface area contributed by atoms with E-state index in [9.17, 15) is 0 Å². The summed E-state index contributed by atoms with van der Waals surface area (Å²) < 4.78 is 5.53. The summed E-state index contributed by atoms with van der Waals surface area (Å²) in [6.45, 7) is 8.72. The van der Waals surface area contributed by atoms with E-state index in [0.717, 1.165) is 31.7 Å². The molecule has 1 aromatic rings. The highest BCUT2D eigenvalue weighted by Gasteiger charge is 2.18. The fraction of sp³-hybridized carbons (Fsp3) is 0.625. The number of ether oxygens (including phenoxy) is 1. The van der Waals surface area contributed by atoms with Crippen molar-refractivity contribution >= 4 is 0 Å². The maximum Gasteiger partial charge on any atom is 0.122 e. The van der Waals surface area contributed by atoms with E-state index in [2.05, 4.69) is 44.3 Å². The van der Waals surface area contributed by atoms with Crippen LogP contribution >= 0.6 is 0 Å². The van der Waals surface area contributed by atoms with Crippen molar-refractivity contribution in [2.75, 3.05) is 13.2 Å². The Labute approximate surface area is 111 Å². The normalized spacial score (nSPS) is 14.4. The largest absolute Gasteiger partial charge is 0.493 e. The molecule has 0 aliphatic carbocycles. The number of benzene rings is 1. The van der Waals surface area contributed by atoms with Gasteiger partial charge >= 0.3 is 0 Å². The van der Waals surface area contributed by atoms with Crippen LogP contribution in [0.1, 0.15) is 44.7 Å². The number of nitrogens with one attached hydrogen (secondary N) is 1. The predicted octanol–water partition coefficient (Wildman–Crippen LogP) is 3.33. The van der Waals surface area contributed by atoms with E-state index in [0.29, 0.717) is 5.54 Å². The van der Waals surface area contributed by atoms with Gasteiger partial charge in [0.25, 0.3) is 0 Å². The molecule has 0 saturated heterocycles. The van der Waals surface area contributed by atoms with Crippen molar-refractivity contribution in [3.63, 3.8) is 0 Å². The van der Waals surface area contributed by atoms with Crippen LogP contribution in [0, 0.1) is 0 Å². The highest BCUT2D eigenvalue weighted by Crippen LogP contribution is 2.26. The molecule has 2 rings (SSSR count). The molecule has 100 valence electrons.